The Hall–Kier alpha value is -3.22. The van der Waals surface area contributed by atoms with Gasteiger partial charge in [0.15, 0.2) is 0 Å². The highest BCUT2D eigenvalue weighted by molar-refractivity contribution is 7.89. The number of nitrogens with zero attached hydrogens (tertiary/aromatic N) is 2. The molecule has 0 unspecified atom stereocenters. The van der Waals surface area contributed by atoms with E-state index in [4.69, 9.17) is 11.0 Å². The minimum absolute atomic E-state index is 0.0438. The van der Waals surface area contributed by atoms with E-state index < -0.39 is 33.9 Å². The molecule has 1 aliphatic rings. The molecule has 0 aromatic heterocycles. The summed E-state index contributed by atoms with van der Waals surface area (Å²) in [5.74, 6) is -1.33. The van der Waals surface area contributed by atoms with E-state index in [0.29, 0.717) is 12.8 Å². The molecular formula is C25H30N4O4S. The number of benzene rings is 2. The molecule has 3 rings (SSSR count). The molecule has 0 saturated carbocycles. The van der Waals surface area contributed by atoms with Gasteiger partial charge in [0, 0.05) is 6.54 Å². The molecule has 0 aliphatic carbocycles. The van der Waals surface area contributed by atoms with Crippen LogP contribution in [0.3, 0.4) is 0 Å². The Kier molecular flexibility index (Phi) is 7.44. The van der Waals surface area contributed by atoms with Crippen molar-refractivity contribution >= 4 is 21.8 Å². The van der Waals surface area contributed by atoms with Crippen LogP contribution in [0.5, 0.6) is 0 Å². The van der Waals surface area contributed by atoms with Crippen molar-refractivity contribution in [1.29, 1.82) is 5.26 Å². The monoisotopic (exact) mass is 482 g/mol. The van der Waals surface area contributed by atoms with Gasteiger partial charge in [-0.05, 0) is 47.1 Å². The minimum atomic E-state index is -3.93. The lowest BCUT2D eigenvalue weighted by Gasteiger charge is -2.24. The van der Waals surface area contributed by atoms with Gasteiger partial charge in [-0.15, -0.1) is 0 Å². The molecule has 180 valence electrons. The van der Waals surface area contributed by atoms with Gasteiger partial charge in [-0.3, -0.25) is 9.59 Å². The zero-order valence-corrected chi connectivity index (χ0v) is 20.4. The number of nitrogens with two attached hydrogens (primary N) is 1. The van der Waals surface area contributed by atoms with Crippen LogP contribution in [0, 0.1) is 11.3 Å². The molecule has 1 saturated heterocycles. The summed E-state index contributed by atoms with van der Waals surface area (Å²) in [4.78, 5) is 23.9. The molecule has 0 radical (unpaired) electrons. The fourth-order valence-electron chi connectivity index (χ4n) is 4.01. The topological polar surface area (TPSA) is 133 Å². The summed E-state index contributed by atoms with van der Waals surface area (Å²) in [5, 5.41) is 11.6. The number of primary amides is 1. The molecule has 0 spiro atoms. The van der Waals surface area contributed by atoms with Crippen LogP contribution < -0.4 is 11.1 Å². The summed E-state index contributed by atoms with van der Waals surface area (Å²) in [6.45, 7) is 6.63. The van der Waals surface area contributed by atoms with Crippen molar-refractivity contribution in [2.45, 2.75) is 62.4 Å². The highest BCUT2D eigenvalue weighted by Gasteiger charge is 2.40. The molecule has 34 heavy (non-hydrogen) atoms. The summed E-state index contributed by atoms with van der Waals surface area (Å²) >= 11 is 0. The molecule has 1 aliphatic heterocycles. The van der Waals surface area contributed by atoms with Gasteiger partial charge in [0.1, 0.15) is 12.1 Å². The highest BCUT2D eigenvalue weighted by atomic mass is 32.2. The summed E-state index contributed by atoms with van der Waals surface area (Å²) in [7, 11) is -3.93. The van der Waals surface area contributed by atoms with Gasteiger partial charge >= 0.3 is 0 Å². The largest absolute Gasteiger partial charge is 0.370 e. The second-order valence-corrected chi connectivity index (χ2v) is 11.4. The zero-order chi connectivity index (χ0) is 25.1. The normalized spacial score (nSPS) is 17.6. The Balaban J connectivity index is 1.78. The van der Waals surface area contributed by atoms with Crippen LogP contribution >= 0.6 is 0 Å². The van der Waals surface area contributed by atoms with Crippen molar-refractivity contribution < 1.29 is 18.0 Å². The van der Waals surface area contributed by atoms with Crippen molar-refractivity contribution in [3.8, 4) is 17.2 Å². The molecule has 2 atom stereocenters. The maximum atomic E-state index is 13.3. The van der Waals surface area contributed by atoms with Gasteiger partial charge in [-0.1, -0.05) is 57.2 Å². The molecule has 8 nitrogen and oxygen atoms in total. The Morgan fingerprint density at radius 2 is 1.68 bits per heavy atom. The number of nitriles is 1. The third-order valence-corrected chi connectivity index (χ3v) is 7.85. The number of sulfonamides is 1. The third kappa shape index (κ3) is 5.64. The Bertz CT molecular complexity index is 1190. The van der Waals surface area contributed by atoms with Crippen LogP contribution in [-0.2, 0) is 25.0 Å². The molecular weight excluding hydrogens is 452 g/mol. The third-order valence-electron chi connectivity index (χ3n) is 5.93. The van der Waals surface area contributed by atoms with Crippen molar-refractivity contribution in [3.05, 3.63) is 54.1 Å². The number of rotatable bonds is 7. The lowest BCUT2D eigenvalue weighted by atomic mass is 9.86. The lowest BCUT2D eigenvalue weighted by molar-refractivity contribution is -0.125. The number of carbonyl (C=O) groups excluding carboxylic acids is 2. The van der Waals surface area contributed by atoms with E-state index >= 15 is 0 Å². The predicted octanol–water partition coefficient (Wildman–Crippen LogP) is 2.69. The van der Waals surface area contributed by atoms with E-state index in [-0.39, 0.29) is 23.3 Å². The first-order chi connectivity index (χ1) is 15.9. The number of hydrogen-bond donors (Lipinski definition) is 2. The second-order valence-electron chi connectivity index (χ2n) is 9.49. The minimum Gasteiger partial charge on any atom is -0.370 e. The number of nitrogens with one attached hydrogen (secondary N) is 1. The van der Waals surface area contributed by atoms with E-state index in [0.717, 1.165) is 15.4 Å². The van der Waals surface area contributed by atoms with Crippen LogP contribution in [0.1, 0.15) is 45.6 Å². The van der Waals surface area contributed by atoms with Crippen molar-refractivity contribution in [2.24, 2.45) is 5.73 Å². The molecule has 2 amide bonds. The van der Waals surface area contributed by atoms with Gasteiger partial charge < -0.3 is 11.1 Å². The van der Waals surface area contributed by atoms with Gasteiger partial charge in [-0.2, -0.15) is 9.57 Å². The van der Waals surface area contributed by atoms with E-state index in [1.54, 1.807) is 30.3 Å². The summed E-state index contributed by atoms with van der Waals surface area (Å²) in [6, 6.07) is 14.5. The molecule has 9 heteroatoms. The first kappa shape index (κ1) is 25.4. The summed E-state index contributed by atoms with van der Waals surface area (Å²) in [5.41, 5.74) is 8.23. The molecule has 2 aromatic rings. The molecule has 2 aromatic carbocycles. The van der Waals surface area contributed by atoms with Crippen molar-refractivity contribution in [3.63, 3.8) is 0 Å². The first-order valence-corrected chi connectivity index (χ1v) is 12.6. The van der Waals surface area contributed by atoms with Gasteiger partial charge in [0.25, 0.3) is 0 Å². The molecule has 3 N–H and O–H groups in total. The highest BCUT2D eigenvalue weighted by Crippen LogP contribution is 2.29. The lowest BCUT2D eigenvalue weighted by Crippen LogP contribution is -2.49. The molecule has 1 fully saturated rings. The average Bonchev–Trinajstić information content (AvgIpc) is 3.29. The number of hydrogen-bond acceptors (Lipinski definition) is 5. The Morgan fingerprint density at radius 1 is 1.12 bits per heavy atom. The van der Waals surface area contributed by atoms with E-state index in [1.165, 1.54) is 5.56 Å². The van der Waals surface area contributed by atoms with Crippen LogP contribution in [0.2, 0.25) is 0 Å². The van der Waals surface area contributed by atoms with Crippen molar-refractivity contribution in [2.75, 3.05) is 6.54 Å². The Morgan fingerprint density at radius 3 is 2.18 bits per heavy atom. The zero-order valence-electron chi connectivity index (χ0n) is 19.6. The summed E-state index contributed by atoms with van der Waals surface area (Å²) in [6.07, 6.45) is 0.514. The van der Waals surface area contributed by atoms with E-state index in [9.17, 15) is 18.0 Å². The maximum Gasteiger partial charge on any atom is 0.243 e. The second kappa shape index (κ2) is 9.95. The van der Waals surface area contributed by atoms with Crippen LogP contribution in [-0.4, -0.2) is 43.2 Å². The maximum absolute atomic E-state index is 13.3. The fraction of sp³-hybridized carbons (Fsp3) is 0.400. The number of amides is 2. The molecule has 1 heterocycles. The molecule has 0 bridgehead atoms. The van der Waals surface area contributed by atoms with E-state index in [2.05, 4.69) is 38.2 Å². The smallest absolute Gasteiger partial charge is 0.243 e. The van der Waals surface area contributed by atoms with Gasteiger partial charge in [-0.25, -0.2) is 8.42 Å². The van der Waals surface area contributed by atoms with Gasteiger partial charge in [0.05, 0.1) is 17.4 Å². The van der Waals surface area contributed by atoms with Gasteiger partial charge in [0.2, 0.25) is 21.8 Å². The SMILES string of the molecule is CC(C)(C)c1ccc(-c2ccc(S(=O)(=O)N3CCC[C@H]3C(=O)N[C@H](C#N)CC(N)=O)cc2)cc1. The quantitative estimate of drug-likeness (QED) is 0.626. The van der Waals surface area contributed by atoms with Crippen LogP contribution in [0.25, 0.3) is 11.1 Å². The number of carbonyl (C=O) groups is 2. The fourth-order valence-corrected chi connectivity index (χ4v) is 5.66. The van der Waals surface area contributed by atoms with E-state index in [1.807, 2.05) is 12.1 Å². The predicted molar refractivity (Wildman–Crippen MR) is 129 cm³/mol. The van der Waals surface area contributed by atoms with Crippen LogP contribution in [0.15, 0.2) is 53.4 Å². The first-order valence-electron chi connectivity index (χ1n) is 11.1. The van der Waals surface area contributed by atoms with Crippen LogP contribution in [0.4, 0.5) is 0 Å². The standard InChI is InChI=1S/C25H30N4O4S/c1-25(2,3)19-10-6-17(7-11-19)18-8-12-21(13-9-18)34(32,33)29-14-4-5-22(29)24(31)28-20(16-26)15-23(27)30/h6-13,20,22H,4-5,14-15H2,1-3H3,(H2,27,30)(H,28,31)/t20-,22-/m0/s1. The summed E-state index contributed by atoms with van der Waals surface area (Å²) < 4.78 is 27.7. The average molecular weight is 483 g/mol. The Labute approximate surface area is 200 Å². The van der Waals surface area contributed by atoms with Crippen molar-refractivity contribution in [1.82, 2.24) is 9.62 Å².